The van der Waals surface area contributed by atoms with Crippen molar-refractivity contribution in [3.63, 3.8) is 0 Å². The van der Waals surface area contributed by atoms with Crippen LogP contribution in [0.4, 0.5) is 0 Å². The SMILES string of the molecule is CC1(C)c2cc3ccccc3c(-c3nc(-c4ccc5c(c4)oc4ccccc45)cc(-c4ccc5c(c4)oc4ccccc45)n3)c2C(C)(C)C1(C)C. The van der Waals surface area contributed by atoms with Crippen LogP contribution in [0.15, 0.2) is 130 Å². The van der Waals surface area contributed by atoms with Gasteiger partial charge in [-0.05, 0) is 80.6 Å². The molecular weight excluding hydrogens is 625 g/mol. The van der Waals surface area contributed by atoms with Gasteiger partial charge in [-0.25, -0.2) is 9.97 Å². The second-order valence-corrected chi connectivity index (χ2v) is 15.9. The second-order valence-electron chi connectivity index (χ2n) is 15.9. The van der Waals surface area contributed by atoms with Gasteiger partial charge in [-0.3, -0.25) is 0 Å². The van der Waals surface area contributed by atoms with E-state index in [0.29, 0.717) is 0 Å². The summed E-state index contributed by atoms with van der Waals surface area (Å²) in [5, 5.41) is 6.79. The van der Waals surface area contributed by atoms with Crippen molar-refractivity contribution in [1.82, 2.24) is 9.97 Å². The van der Waals surface area contributed by atoms with Crippen LogP contribution in [-0.2, 0) is 10.8 Å². The Labute approximate surface area is 296 Å². The van der Waals surface area contributed by atoms with Gasteiger partial charge in [0.15, 0.2) is 5.82 Å². The lowest BCUT2D eigenvalue weighted by Gasteiger charge is -2.44. The zero-order valence-electron chi connectivity index (χ0n) is 29.8. The molecule has 0 radical (unpaired) electrons. The van der Waals surface area contributed by atoms with Crippen LogP contribution in [0.5, 0.6) is 0 Å². The molecule has 0 fully saturated rings. The highest BCUT2D eigenvalue weighted by Crippen LogP contribution is 2.64. The van der Waals surface area contributed by atoms with E-state index < -0.39 is 0 Å². The smallest absolute Gasteiger partial charge is 0.161 e. The largest absolute Gasteiger partial charge is 0.456 e. The summed E-state index contributed by atoms with van der Waals surface area (Å²) in [6.07, 6.45) is 0. The molecule has 6 aromatic carbocycles. The number of fused-ring (bicyclic) bond motifs is 8. The number of nitrogens with zero attached hydrogens (tertiary/aromatic N) is 2. The highest BCUT2D eigenvalue weighted by Gasteiger charge is 2.58. The fraction of sp³-hybridized carbons (Fsp3) is 0.191. The molecule has 0 bridgehead atoms. The maximum atomic E-state index is 6.36. The van der Waals surface area contributed by atoms with Crippen LogP contribution in [0.2, 0.25) is 0 Å². The van der Waals surface area contributed by atoms with Crippen LogP contribution in [0.25, 0.3) is 88.6 Å². The Kier molecular flexibility index (Phi) is 6.00. The van der Waals surface area contributed by atoms with Crippen molar-refractivity contribution in [2.24, 2.45) is 5.41 Å². The lowest BCUT2D eigenvalue weighted by Crippen LogP contribution is -2.42. The summed E-state index contributed by atoms with van der Waals surface area (Å²) in [6.45, 7) is 14.4. The molecule has 3 heterocycles. The third-order valence-corrected chi connectivity index (χ3v) is 12.8. The highest BCUT2D eigenvalue weighted by atomic mass is 16.3. The van der Waals surface area contributed by atoms with Gasteiger partial charge in [0.05, 0.1) is 11.4 Å². The minimum Gasteiger partial charge on any atom is -0.456 e. The van der Waals surface area contributed by atoms with E-state index in [9.17, 15) is 0 Å². The molecule has 0 atom stereocenters. The first-order valence-electron chi connectivity index (χ1n) is 17.8. The molecule has 0 spiro atoms. The van der Waals surface area contributed by atoms with Crippen LogP contribution in [0, 0.1) is 5.41 Å². The van der Waals surface area contributed by atoms with Crippen LogP contribution in [-0.4, -0.2) is 9.97 Å². The summed E-state index contributed by atoms with van der Waals surface area (Å²) >= 11 is 0. The van der Waals surface area contributed by atoms with Crippen LogP contribution in [0.1, 0.15) is 52.7 Å². The van der Waals surface area contributed by atoms with Crippen molar-refractivity contribution >= 4 is 54.6 Å². The van der Waals surface area contributed by atoms with Crippen molar-refractivity contribution in [2.75, 3.05) is 0 Å². The van der Waals surface area contributed by atoms with Gasteiger partial charge in [-0.2, -0.15) is 0 Å². The molecule has 51 heavy (non-hydrogen) atoms. The molecule has 3 aromatic heterocycles. The summed E-state index contributed by atoms with van der Waals surface area (Å²) in [5.41, 5.74) is 10.6. The zero-order chi connectivity index (χ0) is 34.9. The maximum absolute atomic E-state index is 6.36. The number of hydrogen-bond donors (Lipinski definition) is 0. The number of benzene rings is 6. The predicted molar refractivity (Wildman–Crippen MR) is 210 cm³/mol. The van der Waals surface area contributed by atoms with E-state index in [4.69, 9.17) is 18.8 Å². The van der Waals surface area contributed by atoms with E-state index in [-0.39, 0.29) is 16.2 Å². The molecule has 1 aliphatic rings. The van der Waals surface area contributed by atoms with Crippen molar-refractivity contribution < 1.29 is 8.83 Å². The first kappa shape index (κ1) is 30.1. The first-order chi connectivity index (χ1) is 24.5. The van der Waals surface area contributed by atoms with E-state index >= 15 is 0 Å². The quantitative estimate of drug-likeness (QED) is 0.189. The predicted octanol–water partition coefficient (Wildman–Crippen LogP) is 13.0. The molecule has 1 aliphatic carbocycles. The lowest BCUT2D eigenvalue weighted by atomic mass is 9.59. The Morgan fingerprint density at radius 2 is 0.941 bits per heavy atom. The van der Waals surface area contributed by atoms with Gasteiger partial charge >= 0.3 is 0 Å². The summed E-state index contributed by atoms with van der Waals surface area (Å²) in [7, 11) is 0. The molecule has 4 heteroatoms. The fourth-order valence-electron chi connectivity index (χ4n) is 8.78. The van der Waals surface area contributed by atoms with E-state index in [1.165, 1.54) is 21.9 Å². The van der Waals surface area contributed by atoms with E-state index in [0.717, 1.165) is 77.8 Å². The van der Waals surface area contributed by atoms with Crippen LogP contribution >= 0.6 is 0 Å². The molecular formula is C47H38N2O2. The van der Waals surface area contributed by atoms with Gasteiger partial charge in [-0.15, -0.1) is 0 Å². The minimum absolute atomic E-state index is 0.0342. The van der Waals surface area contributed by atoms with Crippen molar-refractivity contribution in [3.8, 4) is 33.9 Å². The summed E-state index contributed by atoms with van der Waals surface area (Å²) in [5.74, 6) is 0.728. The molecule has 4 nitrogen and oxygen atoms in total. The molecule has 248 valence electrons. The van der Waals surface area contributed by atoms with Gasteiger partial charge in [0.2, 0.25) is 0 Å². The maximum Gasteiger partial charge on any atom is 0.161 e. The second kappa shape index (κ2) is 10.2. The molecule has 0 amide bonds. The van der Waals surface area contributed by atoms with E-state index in [1.807, 2.05) is 24.3 Å². The van der Waals surface area contributed by atoms with Crippen LogP contribution in [0.3, 0.4) is 0 Å². The molecule has 0 N–H and O–H groups in total. The van der Waals surface area contributed by atoms with Gasteiger partial charge in [-0.1, -0.05) is 120 Å². The molecule has 0 saturated carbocycles. The van der Waals surface area contributed by atoms with Crippen molar-refractivity contribution in [2.45, 2.75) is 52.4 Å². The van der Waals surface area contributed by atoms with Gasteiger partial charge in [0.25, 0.3) is 0 Å². The summed E-state index contributed by atoms with van der Waals surface area (Å²) in [6, 6.07) is 42.5. The molecule has 0 unspecified atom stereocenters. The van der Waals surface area contributed by atoms with E-state index in [2.05, 4.69) is 139 Å². The third kappa shape index (κ3) is 4.08. The number of hydrogen-bond acceptors (Lipinski definition) is 4. The highest BCUT2D eigenvalue weighted by molar-refractivity contribution is 6.07. The number of rotatable bonds is 3. The Morgan fingerprint density at radius 3 is 1.51 bits per heavy atom. The zero-order valence-corrected chi connectivity index (χ0v) is 29.8. The van der Waals surface area contributed by atoms with Crippen molar-refractivity contribution in [3.05, 3.63) is 132 Å². The van der Waals surface area contributed by atoms with Gasteiger partial charge in [0, 0.05) is 38.2 Å². The third-order valence-electron chi connectivity index (χ3n) is 12.8. The topological polar surface area (TPSA) is 52.1 Å². The number of aromatic nitrogens is 2. The van der Waals surface area contributed by atoms with Gasteiger partial charge < -0.3 is 8.83 Å². The van der Waals surface area contributed by atoms with Gasteiger partial charge in [0.1, 0.15) is 22.3 Å². The Morgan fingerprint density at radius 1 is 0.451 bits per heavy atom. The summed E-state index contributed by atoms with van der Waals surface area (Å²) in [4.78, 5) is 10.9. The standard InChI is InChI=1S/C47H38N2O2/c1-45(2)35-23-27-13-7-8-14-30(27)42(43(35)46(3,4)47(45,5)6)44-48-36(28-19-21-33-31-15-9-11-17-38(31)50-40(33)24-28)26-37(49-44)29-20-22-34-32-16-10-12-18-39(32)51-41(34)25-29/h7-26H,1-6H3. The Balaban J connectivity index is 1.28. The van der Waals surface area contributed by atoms with Crippen molar-refractivity contribution in [1.29, 1.82) is 0 Å². The molecule has 0 saturated heterocycles. The fourth-order valence-corrected chi connectivity index (χ4v) is 8.78. The normalized spacial score (nSPS) is 16.1. The Bertz CT molecular complexity index is 2770. The molecule has 9 aromatic rings. The minimum atomic E-state index is -0.162. The average Bonchev–Trinajstić information content (AvgIpc) is 3.73. The molecule has 10 rings (SSSR count). The lowest BCUT2D eigenvalue weighted by molar-refractivity contribution is 0.125. The monoisotopic (exact) mass is 662 g/mol. The summed E-state index contributed by atoms with van der Waals surface area (Å²) < 4.78 is 12.7. The number of furan rings is 2. The van der Waals surface area contributed by atoms with E-state index in [1.54, 1.807) is 0 Å². The van der Waals surface area contributed by atoms with Crippen LogP contribution < -0.4 is 0 Å². The number of para-hydroxylation sites is 2. The Hall–Kier alpha value is -5.74. The average molecular weight is 663 g/mol. The molecule has 0 aliphatic heterocycles. The first-order valence-corrected chi connectivity index (χ1v) is 17.8.